The van der Waals surface area contributed by atoms with Crippen LogP contribution in [0.1, 0.15) is 33.1 Å². The van der Waals surface area contributed by atoms with Crippen LogP contribution in [0.15, 0.2) is 0 Å². The van der Waals surface area contributed by atoms with Crippen LogP contribution in [0.4, 0.5) is 0 Å². The number of ether oxygens (including phenoxy) is 3. The van der Waals surface area contributed by atoms with Gasteiger partial charge in [-0.25, -0.2) is 0 Å². The molecule has 5 heteroatoms. The molecule has 0 amide bonds. The molecule has 3 fully saturated rings. The molecule has 0 aromatic rings. The van der Waals surface area contributed by atoms with Crippen molar-refractivity contribution in [1.29, 1.82) is 0 Å². The summed E-state index contributed by atoms with van der Waals surface area (Å²) >= 11 is 0. The quantitative estimate of drug-likeness (QED) is 0.725. The van der Waals surface area contributed by atoms with E-state index in [1.807, 2.05) is 13.8 Å². The average molecular weight is 244 g/mol. The minimum absolute atomic E-state index is 0.0300. The number of hydrogen-bond acceptors (Lipinski definition) is 5. The van der Waals surface area contributed by atoms with Gasteiger partial charge in [-0.2, -0.15) is 0 Å². The summed E-state index contributed by atoms with van der Waals surface area (Å²) in [5, 5.41) is 19.6. The SMILES string of the molecule is CC1(C)OC2[C@H]3C[C@@](O)(C[C@H]2O1)[C@H](CCO)O3. The second-order valence-electron chi connectivity index (χ2n) is 5.83. The van der Waals surface area contributed by atoms with E-state index in [0.717, 1.165) is 0 Å². The molecule has 0 aromatic carbocycles. The summed E-state index contributed by atoms with van der Waals surface area (Å²) in [7, 11) is 0. The van der Waals surface area contributed by atoms with E-state index in [9.17, 15) is 5.11 Å². The first-order valence-corrected chi connectivity index (χ1v) is 6.28. The van der Waals surface area contributed by atoms with Crippen molar-refractivity contribution in [2.24, 2.45) is 0 Å². The minimum Gasteiger partial charge on any atom is -0.396 e. The minimum atomic E-state index is -0.863. The third-order valence-corrected chi connectivity index (χ3v) is 4.03. The van der Waals surface area contributed by atoms with Crippen LogP contribution in [-0.2, 0) is 14.2 Å². The van der Waals surface area contributed by atoms with E-state index in [4.69, 9.17) is 19.3 Å². The van der Waals surface area contributed by atoms with Crippen molar-refractivity contribution in [2.45, 2.75) is 68.9 Å². The van der Waals surface area contributed by atoms with Gasteiger partial charge in [0.2, 0.25) is 0 Å². The summed E-state index contributed by atoms with van der Waals surface area (Å²) < 4.78 is 17.5. The van der Waals surface area contributed by atoms with Crippen LogP contribution < -0.4 is 0 Å². The van der Waals surface area contributed by atoms with Crippen molar-refractivity contribution in [3.05, 3.63) is 0 Å². The van der Waals surface area contributed by atoms with Crippen LogP contribution in [-0.4, -0.2) is 52.6 Å². The molecule has 1 saturated carbocycles. The van der Waals surface area contributed by atoms with Gasteiger partial charge >= 0.3 is 0 Å². The normalized spacial score (nSPS) is 51.5. The summed E-state index contributed by atoms with van der Waals surface area (Å²) in [5.74, 6) is -0.591. The molecular formula is C12H20O5. The average Bonchev–Trinajstić information content (AvgIpc) is 2.64. The van der Waals surface area contributed by atoms with E-state index in [-0.39, 0.29) is 31.0 Å². The zero-order valence-electron chi connectivity index (χ0n) is 10.3. The molecule has 2 heterocycles. The Morgan fingerprint density at radius 2 is 1.88 bits per heavy atom. The zero-order valence-corrected chi connectivity index (χ0v) is 10.3. The zero-order chi connectivity index (χ0) is 12.3. The van der Waals surface area contributed by atoms with E-state index < -0.39 is 11.4 Å². The molecule has 2 saturated heterocycles. The molecule has 0 aromatic heterocycles. The van der Waals surface area contributed by atoms with Gasteiger partial charge in [0.25, 0.3) is 0 Å². The maximum absolute atomic E-state index is 10.6. The summed E-state index contributed by atoms with van der Waals surface area (Å²) in [5.41, 5.74) is -0.863. The first-order chi connectivity index (χ1) is 7.93. The molecule has 0 spiro atoms. The molecular weight excluding hydrogens is 224 g/mol. The highest BCUT2D eigenvalue weighted by atomic mass is 16.8. The molecule has 3 rings (SSSR count). The molecule has 2 N–H and O–H groups in total. The van der Waals surface area contributed by atoms with Crippen LogP contribution >= 0.6 is 0 Å². The molecule has 0 radical (unpaired) electrons. The first-order valence-electron chi connectivity index (χ1n) is 6.28. The molecule has 3 aliphatic rings. The molecule has 1 unspecified atom stereocenters. The fourth-order valence-electron chi connectivity index (χ4n) is 3.41. The molecule has 98 valence electrons. The Bertz CT molecular complexity index is 318. The molecule has 17 heavy (non-hydrogen) atoms. The Hall–Kier alpha value is -0.200. The van der Waals surface area contributed by atoms with Gasteiger partial charge in [0.15, 0.2) is 5.79 Å². The lowest BCUT2D eigenvalue weighted by Crippen LogP contribution is -2.48. The monoisotopic (exact) mass is 244 g/mol. The second kappa shape index (κ2) is 3.65. The number of rotatable bonds is 2. The Morgan fingerprint density at radius 1 is 1.18 bits per heavy atom. The number of hydrogen-bond donors (Lipinski definition) is 2. The highest BCUT2D eigenvalue weighted by molar-refractivity contribution is 5.08. The van der Waals surface area contributed by atoms with E-state index in [0.29, 0.717) is 19.3 Å². The highest BCUT2D eigenvalue weighted by Crippen LogP contribution is 2.48. The van der Waals surface area contributed by atoms with Gasteiger partial charge in [0.1, 0.15) is 6.10 Å². The van der Waals surface area contributed by atoms with Crippen molar-refractivity contribution in [1.82, 2.24) is 0 Å². The Labute approximate surface area is 101 Å². The van der Waals surface area contributed by atoms with Crippen LogP contribution in [0, 0.1) is 0 Å². The largest absolute Gasteiger partial charge is 0.396 e. The van der Waals surface area contributed by atoms with Crippen molar-refractivity contribution in [3.63, 3.8) is 0 Å². The number of aliphatic hydroxyl groups excluding tert-OH is 1. The third kappa shape index (κ3) is 1.81. The Kier molecular flexibility index (Phi) is 2.55. The molecule has 5 nitrogen and oxygen atoms in total. The van der Waals surface area contributed by atoms with Crippen LogP contribution in [0.3, 0.4) is 0 Å². The van der Waals surface area contributed by atoms with Gasteiger partial charge in [-0.15, -0.1) is 0 Å². The molecule has 2 bridgehead atoms. The Morgan fingerprint density at radius 3 is 2.59 bits per heavy atom. The van der Waals surface area contributed by atoms with Gasteiger partial charge in [0.05, 0.1) is 23.9 Å². The molecule has 2 aliphatic heterocycles. The van der Waals surface area contributed by atoms with Crippen LogP contribution in [0.25, 0.3) is 0 Å². The summed E-state index contributed by atoms with van der Waals surface area (Å²) in [6, 6.07) is 0. The highest BCUT2D eigenvalue weighted by Gasteiger charge is 2.61. The van der Waals surface area contributed by atoms with E-state index in [2.05, 4.69) is 0 Å². The van der Waals surface area contributed by atoms with Crippen molar-refractivity contribution in [2.75, 3.05) is 6.61 Å². The first kappa shape index (κ1) is 11.9. The maximum atomic E-state index is 10.6. The lowest BCUT2D eigenvalue weighted by Gasteiger charge is -2.34. The smallest absolute Gasteiger partial charge is 0.163 e. The maximum Gasteiger partial charge on any atom is 0.163 e. The van der Waals surface area contributed by atoms with Crippen molar-refractivity contribution in [3.8, 4) is 0 Å². The van der Waals surface area contributed by atoms with Gasteiger partial charge < -0.3 is 24.4 Å². The lowest BCUT2D eigenvalue weighted by atomic mass is 9.79. The van der Waals surface area contributed by atoms with Gasteiger partial charge in [-0.1, -0.05) is 0 Å². The third-order valence-electron chi connectivity index (χ3n) is 4.03. The fourth-order valence-corrected chi connectivity index (χ4v) is 3.41. The topological polar surface area (TPSA) is 68.2 Å². The predicted molar refractivity (Wildman–Crippen MR) is 58.4 cm³/mol. The van der Waals surface area contributed by atoms with Crippen molar-refractivity contribution >= 4 is 0 Å². The predicted octanol–water partition coefficient (Wildman–Crippen LogP) is 0.181. The lowest BCUT2D eigenvalue weighted by molar-refractivity contribution is -0.165. The van der Waals surface area contributed by atoms with E-state index in [1.165, 1.54) is 0 Å². The summed E-state index contributed by atoms with van der Waals surface area (Å²) in [4.78, 5) is 0. The second-order valence-corrected chi connectivity index (χ2v) is 5.83. The van der Waals surface area contributed by atoms with E-state index >= 15 is 0 Å². The number of fused-ring (bicyclic) bond motifs is 4. The molecule has 1 aliphatic carbocycles. The van der Waals surface area contributed by atoms with Crippen molar-refractivity contribution < 1.29 is 24.4 Å². The van der Waals surface area contributed by atoms with Gasteiger partial charge in [0, 0.05) is 19.4 Å². The number of aliphatic hydroxyl groups is 2. The van der Waals surface area contributed by atoms with Crippen LogP contribution in [0.5, 0.6) is 0 Å². The summed E-state index contributed by atoms with van der Waals surface area (Å²) in [6.07, 6.45) is 0.984. The Balaban J connectivity index is 1.80. The van der Waals surface area contributed by atoms with Gasteiger partial charge in [-0.05, 0) is 20.3 Å². The summed E-state index contributed by atoms with van der Waals surface area (Å²) in [6.45, 7) is 3.80. The van der Waals surface area contributed by atoms with E-state index in [1.54, 1.807) is 0 Å². The fraction of sp³-hybridized carbons (Fsp3) is 1.00. The molecule has 5 atom stereocenters. The standard InChI is InChI=1S/C12H20O5/c1-11(2)16-8-6-12(14)5-7(10(8)17-11)15-9(12)3-4-13/h7-10,13-14H,3-6H2,1-2H3/t7-,8-,9+,10?,12-/m1/s1. The van der Waals surface area contributed by atoms with Crippen LogP contribution in [0.2, 0.25) is 0 Å². The van der Waals surface area contributed by atoms with Gasteiger partial charge in [-0.3, -0.25) is 0 Å².